The van der Waals surface area contributed by atoms with Gasteiger partial charge in [0.05, 0.1) is 18.2 Å². The Bertz CT molecular complexity index is 865. The number of rotatable bonds is 9. The molecule has 0 aromatic heterocycles. The number of carbonyl (C=O) groups excluding carboxylic acids is 1. The number of carboxylic acids is 1. The number of carboxylic acid groups (broad SMARTS) is 1. The molecule has 0 spiro atoms. The molecule has 0 radical (unpaired) electrons. The van der Waals surface area contributed by atoms with E-state index in [-0.39, 0.29) is 10.7 Å². The van der Waals surface area contributed by atoms with Crippen LogP contribution in [-0.2, 0) is 16.0 Å². The molecule has 2 N–H and O–H groups in total. The van der Waals surface area contributed by atoms with Gasteiger partial charge in [-0.15, -0.1) is 0 Å². The van der Waals surface area contributed by atoms with Crippen LogP contribution in [0.25, 0.3) is 6.08 Å². The summed E-state index contributed by atoms with van der Waals surface area (Å²) in [7, 11) is 0. The first-order valence-corrected chi connectivity index (χ1v) is 9.14. The molecule has 0 heterocycles. The van der Waals surface area contributed by atoms with Crippen molar-refractivity contribution in [3.63, 3.8) is 0 Å². The lowest BCUT2D eigenvalue weighted by atomic mass is 10.1. The van der Waals surface area contributed by atoms with Crippen LogP contribution in [-0.4, -0.2) is 30.2 Å². The number of carbonyl (C=O) groups is 2. The van der Waals surface area contributed by atoms with Crippen molar-refractivity contribution in [2.45, 2.75) is 20.3 Å². The monoisotopic (exact) mass is 403 g/mol. The van der Waals surface area contributed by atoms with Gasteiger partial charge in [0.2, 0.25) is 5.91 Å². The Kier molecular flexibility index (Phi) is 7.89. The maximum Gasteiger partial charge on any atom is 0.352 e. The topological polar surface area (TPSA) is 84.9 Å². The first kappa shape index (κ1) is 21.3. The molecule has 0 saturated carbocycles. The average Bonchev–Trinajstić information content (AvgIpc) is 2.64. The zero-order valence-electron chi connectivity index (χ0n) is 15.7. The van der Waals surface area contributed by atoms with Crippen molar-refractivity contribution < 1.29 is 24.2 Å². The minimum Gasteiger partial charge on any atom is -0.490 e. The second kappa shape index (κ2) is 10.4. The predicted molar refractivity (Wildman–Crippen MR) is 108 cm³/mol. The largest absolute Gasteiger partial charge is 0.490 e. The summed E-state index contributed by atoms with van der Waals surface area (Å²) in [6.07, 6.45) is 2.02. The lowest BCUT2D eigenvalue weighted by molar-refractivity contribution is -0.134. The van der Waals surface area contributed by atoms with Gasteiger partial charge in [-0.25, -0.2) is 4.79 Å². The van der Waals surface area contributed by atoms with Gasteiger partial charge in [-0.3, -0.25) is 4.79 Å². The van der Waals surface area contributed by atoms with Gasteiger partial charge in [-0.2, -0.15) is 0 Å². The molecule has 0 atom stereocenters. The van der Waals surface area contributed by atoms with E-state index in [9.17, 15) is 14.7 Å². The molecule has 0 bridgehead atoms. The maximum atomic E-state index is 11.3. The van der Waals surface area contributed by atoms with Crippen LogP contribution >= 0.6 is 11.6 Å². The predicted octanol–water partition coefficient (Wildman–Crippen LogP) is 3.92. The highest BCUT2D eigenvalue weighted by molar-refractivity contribution is 6.32. The number of nitrogens with one attached hydrogen (secondary N) is 1. The van der Waals surface area contributed by atoms with Crippen LogP contribution in [0, 0.1) is 0 Å². The van der Waals surface area contributed by atoms with Crippen LogP contribution < -0.4 is 14.8 Å². The highest BCUT2D eigenvalue weighted by atomic mass is 35.5. The number of hydrogen-bond donors (Lipinski definition) is 2. The van der Waals surface area contributed by atoms with E-state index in [0.717, 1.165) is 5.56 Å². The number of aliphatic carboxylic acids is 1. The summed E-state index contributed by atoms with van der Waals surface area (Å²) in [5.41, 5.74) is 1.34. The molecule has 0 unspecified atom stereocenters. The van der Waals surface area contributed by atoms with E-state index in [1.165, 1.54) is 13.0 Å². The Labute approximate surface area is 168 Å². The number of amides is 1. The summed E-state index contributed by atoms with van der Waals surface area (Å²) in [6, 6.07) is 13.1. The van der Waals surface area contributed by atoms with Crippen molar-refractivity contribution in [1.82, 2.24) is 5.32 Å². The molecule has 0 aliphatic rings. The van der Waals surface area contributed by atoms with Gasteiger partial charge < -0.3 is 19.9 Å². The van der Waals surface area contributed by atoms with Crippen LogP contribution in [0.5, 0.6) is 11.5 Å². The Morgan fingerprint density at radius 3 is 2.50 bits per heavy atom. The fourth-order valence-electron chi connectivity index (χ4n) is 2.50. The highest BCUT2D eigenvalue weighted by Gasteiger charge is 2.14. The molecule has 7 heteroatoms. The SMILES string of the molecule is CCOc1cc(/C=C(/NC(C)=O)C(=O)O)cc(Cl)c1OCCc1ccccc1. The number of halogens is 1. The van der Waals surface area contributed by atoms with Crippen molar-refractivity contribution in [1.29, 1.82) is 0 Å². The van der Waals surface area contributed by atoms with Gasteiger partial charge in [0.1, 0.15) is 5.70 Å². The average molecular weight is 404 g/mol. The van der Waals surface area contributed by atoms with E-state index in [2.05, 4.69) is 5.32 Å². The zero-order valence-corrected chi connectivity index (χ0v) is 16.5. The van der Waals surface area contributed by atoms with Gasteiger partial charge in [0.25, 0.3) is 0 Å². The van der Waals surface area contributed by atoms with E-state index < -0.39 is 11.9 Å². The summed E-state index contributed by atoms with van der Waals surface area (Å²) < 4.78 is 11.4. The first-order chi connectivity index (χ1) is 13.4. The Morgan fingerprint density at radius 2 is 1.89 bits per heavy atom. The third kappa shape index (κ3) is 6.32. The first-order valence-electron chi connectivity index (χ1n) is 8.76. The van der Waals surface area contributed by atoms with Crippen LogP contribution in [0.4, 0.5) is 0 Å². The minimum absolute atomic E-state index is 0.260. The lowest BCUT2D eigenvalue weighted by Crippen LogP contribution is -2.24. The fourth-order valence-corrected chi connectivity index (χ4v) is 2.77. The molecule has 2 rings (SSSR count). The van der Waals surface area contributed by atoms with Gasteiger partial charge in [-0.05, 0) is 36.3 Å². The molecule has 1 amide bonds. The van der Waals surface area contributed by atoms with Crippen molar-refractivity contribution in [2.24, 2.45) is 0 Å². The molecule has 0 saturated heterocycles. The smallest absolute Gasteiger partial charge is 0.352 e. The summed E-state index contributed by atoms with van der Waals surface area (Å²) >= 11 is 6.35. The molecule has 0 aliphatic heterocycles. The Morgan fingerprint density at radius 1 is 1.18 bits per heavy atom. The standard InChI is InChI=1S/C21H22ClNO5/c1-3-27-19-13-16(12-18(21(25)26)23-14(2)24)11-17(22)20(19)28-10-9-15-7-5-4-6-8-15/h4-8,11-13H,3,9-10H2,1-2H3,(H,23,24)(H,25,26)/b18-12+. The summed E-state index contributed by atoms with van der Waals surface area (Å²) in [6.45, 7) is 3.85. The molecule has 2 aromatic carbocycles. The molecule has 2 aromatic rings. The highest BCUT2D eigenvalue weighted by Crippen LogP contribution is 2.37. The Hall–Kier alpha value is -2.99. The summed E-state index contributed by atoms with van der Waals surface area (Å²) in [5, 5.41) is 11.8. The second-order valence-corrected chi connectivity index (χ2v) is 6.30. The number of benzene rings is 2. The lowest BCUT2D eigenvalue weighted by Gasteiger charge is -2.15. The van der Waals surface area contributed by atoms with Crippen molar-refractivity contribution in [2.75, 3.05) is 13.2 Å². The molecule has 28 heavy (non-hydrogen) atoms. The van der Waals surface area contributed by atoms with E-state index in [1.807, 2.05) is 37.3 Å². The molecular formula is C21H22ClNO5. The Balaban J connectivity index is 2.24. The normalized spacial score (nSPS) is 11.0. The fraction of sp³-hybridized carbons (Fsp3) is 0.238. The van der Waals surface area contributed by atoms with Gasteiger partial charge in [0.15, 0.2) is 11.5 Å². The summed E-state index contributed by atoms with van der Waals surface area (Å²) in [4.78, 5) is 22.5. The number of ether oxygens (including phenoxy) is 2. The molecule has 148 valence electrons. The van der Waals surface area contributed by atoms with Crippen LogP contribution in [0.3, 0.4) is 0 Å². The van der Waals surface area contributed by atoms with Crippen molar-refractivity contribution in [3.8, 4) is 11.5 Å². The van der Waals surface area contributed by atoms with E-state index >= 15 is 0 Å². The van der Waals surface area contributed by atoms with Crippen molar-refractivity contribution >= 4 is 29.6 Å². The van der Waals surface area contributed by atoms with Crippen LogP contribution in [0.15, 0.2) is 48.2 Å². The minimum atomic E-state index is -1.26. The molecule has 6 nitrogen and oxygen atoms in total. The third-order valence-electron chi connectivity index (χ3n) is 3.66. The zero-order chi connectivity index (χ0) is 20.5. The van der Waals surface area contributed by atoms with Gasteiger partial charge >= 0.3 is 5.97 Å². The van der Waals surface area contributed by atoms with Gasteiger partial charge in [0, 0.05) is 13.3 Å². The molecule has 0 aliphatic carbocycles. The van der Waals surface area contributed by atoms with E-state index in [4.69, 9.17) is 21.1 Å². The van der Waals surface area contributed by atoms with Crippen molar-refractivity contribution in [3.05, 3.63) is 64.3 Å². The maximum absolute atomic E-state index is 11.3. The van der Waals surface area contributed by atoms with Gasteiger partial charge in [-0.1, -0.05) is 41.9 Å². The van der Waals surface area contributed by atoms with Crippen LogP contribution in [0.2, 0.25) is 5.02 Å². The molecule has 0 fully saturated rings. The number of hydrogen-bond acceptors (Lipinski definition) is 4. The van der Waals surface area contributed by atoms with E-state index in [1.54, 1.807) is 12.1 Å². The third-order valence-corrected chi connectivity index (χ3v) is 3.94. The van der Waals surface area contributed by atoms with Crippen LogP contribution in [0.1, 0.15) is 25.0 Å². The second-order valence-electron chi connectivity index (χ2n) is 5.89. The molecular weight excluding hydrogens is 382 g/mol. The van der Waals surface area contributed by atoms with E-state index in [0.29, 0.717) is 36.7 Å². The summed E-state index contributed by atoms with van der Waals surface area (Å²) in [5.74, 6) is -0.937. The quantitative estimate of drug-likeness (QED) is 0.620.